The molecule has 1 fully saturated rings. The Kier molecular flexibility index (Phi) is 7.25. The molecule has 0 radical (unpaired) electrons. The van der Waals surface area contributed by atoms with Crippen molar-refractivity contribution >= 4 is 11.6 Å². The van der Waals surface area contributed by atoms with Crippen LogP contribution >= 0.6 is 0 Å². The van der Waals surface area contributed by atoms with Crippen LogP contribution in [0.1, 0.15) is 37.8 Å². The Morgan fingerprint density at radius 1 is 1.19 bits per heavy atom. The second kappa shape index (κ2) is 10.1. The normalized spacial score (nSPS) is 17.4. The number of benzene rings is 2. The van der Waals surface area contributed by atoms with Crippen molar-refractivity contribution in [1.29, 1.82) is 0 Å². The largest absolute Gasteiger partial charge is 0.489 e. The molecule has 2 aromatic carbocycles. The summed E-state index contributed by atoms with van der Waals surface area (Å²) in [6.45, 7) is 3.67. The summed E-state index contributed by atoms with van der Waals surface area (Å²) >= 11 is 0. The van der Waals surface area contributed by atoms with Gasteiger partial charge in [-0.25, -0.2) is 0 Å². The van der Waals surface area contributed by atoms with Gasteiger partial charge in [0.2, 0.25) is 5.91 Å². The van der Waals surface area contributed by atoms with Gasteiger partial charge in [-0.2, -0.15) is 0 Å². The number of nitrogens with one attached hydrogen (secondary N) is 2. The van der Waals surface area contributed by atoms with E-state index in [1.807, 2.05) is 42.5 Å². The SMILES string of the molecule is CCC(NCC(=O)Nc1ccccc1OCC1CCCO1)c1ccccc1. The molecule has 2 N–H and O–H groups in total. The summed E-state index contributed by atoms with van der Waals surface area (Å²) in [4.78, 5) is 12.4. The van der Waals surface area contributed by atoms with Gasteiger partial charge >= 0.3 is 0 Å². The molecule has 5 nitrogen and oxygen atoms in total. The molecular weight excluding hydrogens is 340 g/mol. The van der Waals surface area contributed by atoms with Crippen molar-refractivity contribution in [2.45, 2.75) is 38.3 Å². The highest BCUT2D eigenvalue weighted by atomic mass is 16.5. The fourth-order valence-electron chi connectivity index (χ4n) is 3.25. The zero-order chi connectivity index (χ0) is 18.9. The molecule has 0 bridgehead atoms. The predicted molar refractivity (Wildman–Crippen MR) is 107 cm³/mol. The Morgan fingerprint density at radius 3 is 2.70 bits per heavy atom. The lowest BCUT2D eigenvalue weighted by Gasteiger charge is -2.18. The van der Waals surface area contributed by atoms with E-state index in [1.54, 1.807) is 0 Å². The Balaban J connectivity index is 1.52. The number of hydrogen-bond donors (Lipinski definition) is 2. The van der Waals surface area contributed by atoms with Gasteiger partial charge in [-0.05, 0) is 37.0 Å². The molecule has 0 spiro atoms. The molecule has 1 aliphatic heterocycles. The van der Waals surface area contributed by atoms with Gasteiger partial charge in [-0.3, -0.25) is 4.79 Å². The molecular formula is C22H28N2O3. The average molecular weight is 368 g/mol. The maximum Gasteiger partial charge on any atom is 0.238 e. The van der Waals surface area contributed by atoms with Crippen LogP contribution in [0.4, 0.5) is 5.69 Å². The summed E-state index contributed by atoms with van der Waals surface area (Å²) in [6, 6.07) is 17.9. The summed E-state index contributed by atoms with van der Waals surface area (Å²) in [5, 5.41) is 6.28. The van der Waals surface area contributed by atoms with Crippen molar-refractivity contribution < 1.29 is 14.3 Å². The van der Waals surface area contributed by atoms with Crippen molar-refractivity contribution in [3.63, 3.8) is 0 Å². The monoisotopic (exact) mass is 368 g/mol. The van der Waals surface area contributed by atoms with Gasteiger partial charge in [-0.15, -0.1) is 0 Å². The van der Waals surface area contributed by atoms with Crippen molar-refractivity contribution in [3.8, 4) is 5.75 Å². The van der Waals surface area contributed by atoms with Gasteiger partial charge in [0.15, 0.2) is 0 Å². The number of carbonyl (C=O) groups excluding carboxylic acids is 1. The molecule has 5 heteroatoms. The van der Waals surface area contributed by atoms with E-state index in [9.17, 15) is 4.79 Å². The summed E-state index contributed by atoms with van der Waals surface area (Å²) in [5.41, 5.74) is 1.88. The minimum Gasteiger partial charge on any atom is -0.489 e. The first kappa shape index (κ1) is 19.4. The highest BCUT2D eigenvalue weighted by Crippen LogP contribution is 2.25. The molecule has 1 saturated heterocycles. The number of rotatable bonds is 9. The van der Waals surface area contributed by atoms with Crippen LogP contribution in [-0.2, 0) is 9.53 Å². The number of amides is 1. The molecule has 2 atom stereocenters. The van der Waals surface area contributed by atoms with Crippen LogP contribution in [0.25, 0.3) is 0 Å². The molecule has 0 aliphatic carbocycles. The van der Waals surface area contributed by atoms with Gasteiger partial charge < -0.3 is 20.1 Å². The lowest BCUT2D eigenvalue weighted by atomic mass is 10.0. The number of para-hydroxylation sites is 2. The minimum atomic E-state index is -0.0856. The van der Waals surface area contributed by atoms with Crippen LogP contribution < -0.4 is 15.4 Å². The number of anilines is 1. The van der Waals surface area contributed by atoms with Gasteiger partial charge in [0, 0.05) is 12.6 Å². The van der Waals surface area contributed by atoms with Crippen molar-refractivity contribution in [2.24, 2.45) is 0 Å². The Labute approximate surface area is 161 Å². The fraction of sp³-hybridized carbons (Fsp3) is 0.409. The Bertz CT molecular complexity index is 715. The van der Waals surface area contributed by atoms with Crippen molar-refractivity contribution in [1.82, 2.24) is 5.32 Å². The lowest BCUT2D eigenvalue weighted by molar-refractivity contribution is -0.115. The molecule has 144 valence electrons. The number of ether oxygens (including phenoxy) is 2. The molecule has 3 rings (SSSR count). The molecule has 0 aromatic heterocycles. The zero-order valence-electron chi connectivity index (χ0n) is 15.8. The van der Waals surface area contributed by atoms with E-state index >= 15 is 0 Å². The third-order valence-electron chi connectivity index (χ3n) is 4.73. The van der Waals surface area contributed by atoms with E-state index in [0.29, 0.717) is 18.0 Å². The van der Waals surface area contributed by atoms with E-state index < -0.39 is 0 Å². The second-order valence-electron chi connectivity index (χ2n) is 6.74. The van der Waals surface area contributed by atoms with E-state index in [4.69, 9.17) is 9.47 Å². The van der Waals surface area contributed by atoms with Gasteiger partial charge in [0.05, 0.1) is 18.3 Å². The minimum absolute atomic E-state index is 0.0856. The molecule has 1 heterocycles. The van der Waals surface area contributed by atoms with E-state index in [0.717, 1.165) is 25.9 Å². The van der Waals surface area contributed by atoms with E-state index in [-0.39, 0.29) is 24.6 Å². The molecule has 2 unspecified atom stereocenters. The summed E-state index contributed by atoms with van der Waals surface area (Å²) in [6.07, 6.45) is 3.17. The maximum absolute atomic E-state index is 12.4. The summed E-state index contributed by atoms with van der Waals surface area (Å²) in [7, 11) is 0. The fourth-order valence-corrected chi connectivity index (χ4v) is 3.25. The number of hydrogen-bond acceptors (Lipinski definition) is 4. The Morgan fingerprint density at radius 2 is 1.96 bits per heavy atom. The quantitative estimate of drug-likeness (QED) is 0.704. The maximum atomic E-state index is 12.4. The molecule has 2 aromatic rings. The highest BCUT2D eigenvalue weighted by Gasteiger charge is 2.17. The summed E-state index contributed by atoms with van der Waals surface area (Å²) < 4.78 is 11.5. The van der Waals surface area contributed by atoms with Crippen LogP contribution in [0.15, 0.2) is 54.6 Å². The van der Waals surface area contributed by atoms with Crippen LogP contribution in [0.3, 0.4) is 0 Å². The standard InChI is InChI=1S/C22H28N2O3/c1-2-19(17-9-4-3-5-10-17)23-15-22(25)24-20-12-6-7-13-21(20)27-16-18-11-8-14-26-18/h3-7,9-10,12-13,18-19,23H,2,8,11,14-16H2,1H3,(H,24,25). The van der Waals surface area contributed by atoms with Gasteiger partial charge in [0.1, 0.15) is 12.4 Å². The summed E-state index contributed by atoms with van der Waals surface area (Å²) in [5.74, 6) is 0.592. The molecule has 0 saturated carbocycles. The van der Waals surface area contributed by atoms with Crippen molar-refractivity contribution in [2.75, 3.05) is 25.1 Å². The van der Waals surface area contributed by atoms with Gasteiger partial charge in [-0.1, -0.05) is 49.4 Å². The Hall–Kier alpha value is -2.37. The van der Waals surface area contributed by atoms with Crippen molar-refractivity contribution in [3.05, 3.63) is 60.2 Å². The average Bonchev–Trinajstić information content (AvgIpc) is 3.22. The van der Waals surface area contributed by atoms with Gasteiger partial charge in [0.25, 0.3) is 0 Å². The third kappa shape index (κ3) is 5.81. The number of carbonyl (C=O) groups is 1. The van der Waals surface area contributed by atoms with E-state index in [1.165, 1.54) is 5.56 Å². The van der Waals surface area contributed by atoms with E-state index in [2.05, 4.69) is 29.7 Å². The molecule has 1 aliphatic rings. The van der Waals surface area contributed by atoms with Crippen LogP contribution in [-0.4, -0.2) is 31.8 Å². The highest BCUT2D eigenvalue weighted by molar-refractivity contribution is 5.93. The second-order valence-corrected chi connectivity index (χ2v) is 6.74. The topological polar surface area (TPSA) is 59.6 Å². The molecule has 27 heavy (non-hydrogen) atoms. The molecule has 1 amide bonds. The smallest absolute Gasteiger partial charge is 0.238 e. The first-order valence-electron chi connectivity index (χ1n) is 9.68. The van der Waals surface area contributed by atoms with Crippen LogP contribution in [0.2, 0.25) is 0 Å². The van der Waals surface area contributed by atoms with Crippen LogP contribution in [0.5, 0.6) is 5.75 Å². The first-order chi connectivity index (χ1) is 13.3. The van der Waals surface area contributed by atoms with Crippen LogP contribution in [0, 0.1) is 0 Å². The third-order valence-corrected chi connectivity index (χ3v) is 4.73. The predicted octanol–water partition coefficient (Wildman–Crippen LogP) is 3.92. The first-order valence-corrected chi connectivity index (χ1v) is 9.68. The lowest BCUT2D eigenvalue weighted by Crippen LogP contribution is -2.31. The zero-order valence-corrected chi connectivity index (χ0v) is 15.8.